The van der Waals surface area contributed by atoms with Crippen LogP contribution in [0.25, 0.3) is 5.69 Å². The first-order chi connectivity index (χ1) is 13.1. The predicted octanol–water partition coefficient (Wildman–Crippen LogP) is 2.77. The highest BCUT2D eigenvalue weighted by molar-refractivity contribution is 5.88. The van der Waals surface area contributed by atoms with Crippen molar-refractivity contribution >= 4 is 11.8 Å². The Morgan fingerprint density at radius 1 is 1.26 bits per heavy atom. The minimum atomic E-state index is -0.344. The number of aromatic nitrogens is 5. The van der Waals surface area contributed by atoms with Gasteiger partial charge in [-0.25, -0.2) is 9.48 Å². The molecular weight excluding hydrogens is 346 g/mol. The fourth-order valence-electron chi connectivity index (χ4n) is 2.56. The van der Waals surface area contributed by atoms with Crippen LogP contribution < -0.4 is 15.4 Å². The molecule has 3 rings (SSSR count). The molecule has 2 N–H and O–H groups in total. The van der Waals surface area contributed by atoms with Gasteiger partial charge in [-0.15, -0.1) is 5.10 Å². The molecule has 1 atom stereocenters. The molecule has 1 aromatic carbocycles. The van der Waals surface area contributed by atoms with E-state index in [9.17, 15) is 4.79 Å². The highest BCUT2D eigenvalue weighted by Gasteiger charge is 2.13. The van der Waals surface area contributed by atoms with Gasteiger partial charge in [-0.3, -0.25) is 10.00 Å². The molecule has 9 nitrogen and oxygen atoms in total. The summed E-state index contributed by atoms with van der Waals surface area (Å²) in [5.41, 5.74) is 1.79. The lowest BCUT2D eigenvalue weighted by molar-refractivity contribution is 0.249. The fourth-order valence-corrected chi connectivity index (χ4v) is 2.56. The van der Waals surface area contributed by atoms with Crippen molar-refractivity contribution < 1.29 is 9.53 Å². The van der Waals surface area contributed by atoms with Gasteiger partial charge in [0.05, 0.1) is 31.2 Å². The SMILES string of the molecule is CCCn1cc(NC(=O)N[C@H](C)c2cnn(-c3ccc(OC)cc3)c2)nn1. The van der Waals surface area contributed by atoms with Crippen LogP contribution in [0, 0.1) is 0 Å². The summed E-state index contributed by atoms with van der Waals surface area (Å²) < 4.78 is 8.60. The van der Waals surface area contributed by atoms with Crippen molar-refractivity contribution in [3.8, 4) is 11.4 Å². The predicted molar refractivity (Wildman–Crippen MR) is 101 cm³/mol. The average Bonchev–Trinajstić information content (AvgIpc) is 3.32. The Labute approximate surface area is 157 Å². The lowest BCUT2D eigenvalue weighted by atomic mass is 10.2. The number of rotatable bonds is 7. The second-order valence-electron chi connectivity index (χ2n) is 6.10. The van der Waals surface area contributed by atoms with E-state index < -0.39 is 0 Å². The Morgan fingerprint density at radius 3 is 2.74 bits per heavy atom. The van der Waals surface area contributed by atoms with Gasteiger partial charge in [-0.2, -0.15) is 5.10 Å². The Hall–Kier alpha value is -3.36. The summed E-state index contributed by atoms with van der Waals surface area (Å²) in [6, 6.07) is 7.01. The molecule has 3 aromatic rings. The topological polar surface area (TPSA) is 98.9 Å². The maximum Gasteiger partial charge on any atom is 0.320 e. The Balaban J connectivity index is 1.59. The number of carbonyl (C=O) groups excluding carboxylic acids is 1. The Bertz CT molecular complexity index is 885. The van der Waals surface area contributed by atoms with Crippen LogP contribution in [0.15, 0.2) is 42.9 Å². The van der Waals surface area contributed by atoms with Gasteiger partial charge in [0, 0.05) is 18.3 Å². The summed E-state index contributed by atoms with van der Waals surface area (Å²) in [5, 5.41) is 17.8. The molecule has 0 aliphatic carbocycles. The Morgan fingerprint density at radius 2 is 2.04 bits per heavy atom. The molecule has 0 bridgehead atoms. The van der Waals surface area contributed by atoms with Crippen LogP contribution in [0.5, 0.6) is 5.75 Å². The minimum absolute atomic E-state index is 0.220. The van der Waals surface area contributed by atoms with E-state index in [4.69, 9.17) is 4.74 Å². The lowest BCUT2D eigenvalue weighted by Crippen LogP contribution is -2.31. The number of hydrogen-bond acceptors (Lipinski definition) is 5. The van der Waals surface area contributed by atoms with Crippen molar-refractivity contribution in [1.29, 1.82) is 0 Å². The van der Waals surface area contributed by atoms with Crippen molar-refractivity contribution in [3.63, 3.8) is 0 Å². The van der Waals surface area contributed by atoms with Crippen molar-refractivity contribution in [3.05, 3.63) is 48.4 Å². The van der Waals surface area contributed by atoms with Gasteiger partial charge < -0.3 is 10.1 Å². The minimum Gasteiger partial charge on any atom is -0.497 e. The number of nitrogens with one attached hydrogen (secondary N) is 2. The highest BCUT2D eigenvalue weighted by atomic mass is 16.5. The number of anilines is 1. The van der Waals surface area contributed by atoms with Crippen LogP contribution in [-0.4, -0.2) is 37.9 Å². The van der Waals surface area contributed by atoms with Crippen LogP contribution in [0.2, 0.25) is 0 Å². The molecule has 0 unspecified atom stereocenters. The monoisotopic (exact) mass is 369 g/mol. The molecular formula is C18H23N7O2. The molecule has 0 spiro atoms. The highest BCUT2D eigenvalue weighted by Crippen LogP contribution is 2.17. The van der Waals surface area contributed by atoms with Crippen molar-refractivity contribution in [2.24, 2.45) is 0 Å². The van der Waals surface area contributed by atoms with Crippen molar-refractivity contribution in [2.45, 2.75) is 32.9 Å². The molecule has 9 heteroatoms. The zero-order valence-electron chi connectivity index (χ0n) is 15.6. The summed E-state index contributed by atoms with van der Waals surface area (Å²) in [7, 11) is 1.63. The standard InChI is InChI=1S/C18H23N7O2/c1-4-9-24-12-17(22-23-24)21-18(26)20-13(2)14-10-19-25(11-14)15-5-7-16(27-3)8-6-15/h5-8,10-13H,4,9H2,1-3H3,(H2,20,21,26)/t13-/m1/s1. The first kappa shape index (κ1) is 18.4. The van der Waals surface area contributed by atoms with E-state index in [0.29, 0.717) is 5.82 Å². The number of hydrogen-bond donors (Lipinski definition) is 2. The lowest BCUT2D eigenvalue weighted by Gasteiger charge is -2.12. The van der Waals surface area contributed by atoms with Gasteiger partial charge in [0.25, 0.3) is 0 Å². The van der Waals surface area contributed by atoms with Crippen LogP contribution in [0.1, 0.15) is 31.9 Å². The zero-order valence-corrected chi connectivity index (χ0v) is 15.6. The second-order valence-corrected chi connectivity index (χ2v) is 6.10. The summed E-state index contributed by atoms with van der Waals surface area (Å²) in [5.74, 6) is 1.20. The van der Waals surface area contributed by atoms with Crippen LogP contribution in [0.4, 0.5) is 10.6 Å². The first-order valence-corrected chi connectivity index (χ1v) is 8.75. The molecule has 142 valence electrons. The number of carbonyl (C=O) groups is 1. The number of benzene rings is 1. The molecule has 27 heavy (non-hydrogen) atoms. The van der Waals surface area contributed by atoms with E-state index in [1.807, 2.05) is 37.4 Å². The summed E-state index contributed by atoms with van der Waals surface area (Å²) in [6.45, 7) is 4.70. The van der Waals surface area contributed by atoms with E-state index in [0.717, 1.165) is 30.0 Å². The van der Waals surface area contributed by atoms with Gasteiger partial charge in [-0.1, -0.05) is 12.1 Å². The van der Waals surface area contributed by atoms with Crippen LogP contribution in [-0.2, 0) is 6.54 Å². The molecule has 0 aliphatic rings. The zero-order chi connectivity index (χ0) is 19.2. The largest absolute Gasteiger partial charge is 0.497 e. The smallest absolute Gasteiger partial charge is 0.320 e. The second kappa shape index (κ2) is 8.35. The van der Waals surface area contributed by atoms with Gasteiger partial charge in [-0.05, 0) is 37.6 Å². The van der Waals surface area contributed by atoms with Gasteiger partial charge >= 0.3 is 6.03 Å². The number of ether oxygens (including phenoxy) is 1. The number of nitrogens with zero attached hydrogens (tertiary/aromatic N) is 5. The van der Waals surface area contributed by atoms with Gasteiger partial charge in [0.1, 0.15) is 5.75 Å². The molecule has 2 aromatic heterocycles. The van der Waals surface area contributed by atoms with E-state index in [-0.39, 0.29) is 12.1 Å². The molecule has 0 aliphatic heterocycles. The number of methoxy groups -OCH3 is 1. The number of urea groups is 1. The Kier molecular flexibility index (Phi) is 5.70. The van der Waals surface area contributed by atoms with E-state index in [2.05, 4.69) is 33.0 Å². The fraction of sp³-hybridized carbons (Fsp3) is 0.333. The first-order valence-electron chi connectivity index (χ1n) is 8.75. The molecule has 0 saturated carbocycles. The maximum atomic E-state index is 12.2. The normalized spacial score (nSPS) is 11.8. The molecule has 0 fully saturated rings. The molecule has 0 radical (unpaired) electrons. The number of aryl methyl sites for hydroxylation is 1. The van der Waals surface area contributed by atoms with Gasteiger partial charge in [0.2, 0.25) is 0 Å². The van der Waals surface area contributed by atoms with Crippen LogP contribution in [0.3, 0.4) is 0 Å². The summed E-state index contributed by atoms with van der Waals surface area (Å²) >= 11 is 0. The van der Waals surface area contributed by atoms with Gasteiger partial charge in [0.15, 0.2) is 5.82 Å². The average molecular weight is 369 g/mol. The van der Waals surface area contributed by atoms with E-state index >= 15 is 0 Å². The number of amides is 2. The van der Waals surface area contributed by atoms with E-state index in [1.165, 1.54) is 0 Å². The third-order valence-electron chi connectivity index (χ3n) is 4.02. The summed E-state index contributed by atoms with van der Waals surface area (Å²) in [6.07, 6.45) is 6.26. The van der Waals surface area contributed by atoms with Crippen molar-refractivity contribution in [2.75, 3.05) is 12.4 Å². The van der Waals surface area contributed by atoms with E-state index in [1.54, 1.807) is 28.9 Å². The quantitative estimate of drug-likeness (QED) is 0.667. The summed E-state index contributed by atoms with van der Waals surface area (Å²) in [4.78, 5) is 12.2. The van der Waals surface area contributed by atoms with Crippen LogP contribution >= 0.6 is 0 Å². The molecule has 2 amide bonds. The molecule has 0 saturated heterocycles. The molecule has 2 heterocycles. The third kappa shape index (κ3) is 4.63. The van der Waals surface area contributed by atoms with Crippen molar-refractivity contribution in [1.82, 2.24) is 30.1 Å². The third-order valence-corrected chi connectivity index (χ3v) is 4.02. The maximum absolute atomic E-state index is 12.2.